The molecule has 0 saturated carbocycles. The predicted molar refractivity (Wildman–Crippen MR) is 105 cm³/mol. The highest BCUT2D eigenvalue weighted by atomic mass is 19.1. The normalized spacial score (nSPS) is 13.8. The van der Waals surface area contributed by atoms with E-state index >= 15 is 0 Å². The van der Waals surface area contributed by atoms with Crippen LogP contribution in [-0.2, 0) is 25.8 Å². The van der Waals surface area contributed by atoms with E-state index in [0.717, 1.165) is 30.6 Å². The molecule has 0 fully saturated rings. The van der Waals surface area contributed by atoms with Crippen molar-refractivity contribution in [3.8, 4) is 0 Å². The summed E-state index contributed by atoms with van der Waals surface area (Å²) in [5.74, 6) is -0.569. The molecule has 3 aromatic rings. The van der Waals surface area contributed by atoms with Crippen LogP contribution in [0.3, 0.4) is 0 Å². The maximum Gasteiger partial charge on any atom is 0.259 e. The molecule has 2 heterocycles. The number of amides is 1. The second-order valence-corrected chi connectivity index (χ2v) is 7.27. The van der Waals surface area contributed by atoms with Gasteiger partial charge in [-0.3, -0.25) is 4.79 Å². The molecule has 0 saturated heterocycles. The maximum absolute atomic E-state index is 14.4. The van der Waals surface area contributed by atoms with Crippen LogP contribution in [0.25, 0.3) is 0 Å². The van der Waals surface area contributed by atoms with E-state index in [9.17, 15) is 13.6 Å². The fourth-order valence-electron chi connectivity index (χ4n) is 3.68. The summed E-state index contributed by atoms with van der Waals surface area (Å²) in [5.41, 5.74) is 0.998. The highest BCUT2D eigenvalue weighted by Crippen LogP contribution is 2.20. The van der Waals surface area contributed by atoms with Gasteiger partial charge in [0.1, 0.15) is 28.8 Å². The van der Waals surface area contributed by atoms with Gasteiger partial charge < -0.3 is 9.47 Å². The van der Waals surface area contributed by atoms with Crippen molar-refractivity contribution in [2.24, 2.45) is 0 Å². The van der Waals surface area contributed by atoms with Crippen LogP contribution < -0.4 is 0 Å². The number of carbonyl (C=O) groups is 1. The smallest absolute Gasteiger partial charge is 0.259 e. The van der Waals surface area contributed by atoms with Gasteiger partial charge in [-0.25, -0.2) is 8.78 Å². The summed E-state index contributed by atoms with van der Waals surface area (Å²) in [6, 6.07) is 12.6. The van der Waals surface area contributed by atoms with E-state index in [0.29, 0.717) is 26.1 Å². The van der Waals surface area contributed by atoms with Gasteiger partial charge in [0.25, 0.3) is 5.91 Å². The molecule has 1 aliphatic rings. The Morgan fingerprint density at radius 3 is 2.59 bits per heavy atom. The van der Waals surface area contributed by atoms with E-state index in [4.69, 9.17) is 0 Å². The highest BCUT2D eigenvalue weighted by Gasteiger charge is 2.27. The number of halogens is 2. The molecule has 0 spiro atoms. The molecule has 0 atom stereocenters. The lowest BCUT2D eigenvalue weighted by Gasteiger charge is -2.21. The lowest BCUT2D eigenvalue weighted by Crippen LogP contribution is -2.35. The number of hydrogen-bond acceptors (Lipinski definition) is 3. The topological polar surface area (TPSA) is 51.0 Å². The Kier molecular flexibility index (Phi) is 5.38. The van der Waals surface area contributed by atoms with Crippen LogP contribution >= 0.6 is 0 Å². The molecule has 0 bridgehead atoms. The zero-order chi connectivity index (χ0) is 20.4. The van der Waals surface area contributed by atoms with Gasteiger partial charge in [0.2, 0.25) is 0 Å². The summed E-state index contributed by atoms with van der Waals surface area (Å²) in [7, 11) is 0. The van der Waals surface area contributed by atoms with E-state index in [-0.39, 0.29) is 5.56 Å². The highest BCUT2D eigenvalue weighted by molar-refractivity contribution is 5.95. The van der Waals surface area contributed by atoms with Gasteiger partial charge in [-0.05, 0) is 30.5 Å². The minimum Gasteiger partial charge on any atom is -0.336 e. The Labute approximate surface area is 168 Å². The zero-order valence-electron chi connectivity index (χ0n) is 16.2. The molecule has 2 aromatic carbocycles. The molecular formula is C22H22F2N4O. The monoisotopic (exact) mass is 396 g/mol. The molecule has 1 aliphatic heterocycles. The van der Waals surface area contributed by atoms with E-state index in [1.54, 1.807) is 0 Å². The third-order valence-electron chi connectivity index (χ3n) is 5.37. The van der Waals surface area contributed by atoms with Crippen LogP contribution in [0, 0.1) is 18.6 Å². The largest absolute Gasteiger partial charge is 0.336 e. The second kappa shape index (κ2) is 8.11. The minimum absolute atomic E-state index is 0.255. The maximum atomic E-state index is 14.4. The van der Waals surface area contributed by atoms with Gasteiger partial charge in [-0.2, -0.15) is 0 Å². The summed E-state index contributed by atoms with van der Waals surface area (Å²) < 4.78 is 30.6. The fourth-order valence-corrected chi connectivity index (χ4v) is 3.68. The van der Waals surface area contributed by atoms with Gasteiger partial charge in [0, 0.05) is 32.5 Å². The first-order valence-electron chi connectivity index (χ1n) is 9.73. The van der Waals surface area contributed by atoms with Crippen LogP contribution in [0.15, 0.2) is 42.5 Å². The standard InChI is InChI=1S/C22H22F2N4O/c1-15-7-9-17(23)20(21(15)24)22(29)27-12-11-19-26-25-18(28(19)14-13-27)10-8-16-5-3-2-4-6-16/h2-7,9H,8,10-14H2,1H3. The van der Waals surface area contributed by atoms with Crippen molar-refractivity contribution in [3.05, 3.63) is 82.4 Å². The van der Waals surface area contributed by atoms with E-state index in [1.165, 1.54) is 23.5 Å². The van der Waals surface area contributed by atoms with Gasteiger partial charge in [0.15, 0.2) is 0 Å². The summed E-state index contributed by atoms with van der Waals surface area (Å²) in [5, 5.41) is 8.58. The second-order valence-electron chi connectivity index (χ2n) is 7.27. The zero-order valence-corrected chi connectivity index (χ0v) is 16.2. The molecule has 0 N–H and O–H groups in total. The number of aromatic nitrogens is 3. The number of benzene rings is 2. The minimum atomic E-state index is -0.828. The molecule has 4 rings (SSSR count). The number of aryl methyl sites for hydroxylation is 3. The first-order valence-corrected chi connectivity index (χ1v) is 9.73. The number of carbonyl (C=O) groups excluding carboxylic acids is 1. The molecule has 29 heavy (non-hydrogen) atoms. The number of nitrogens with zero attached hydrogens (tertiary/aromatic N) is 4. The average Bonchev–Trinajstić information content (AvgIpc) is 2.99. The first-order chi connectivity index (χ1) is 14.0. The Morgan fingerprint density at radius 1 is 1.00 bits per heavy atom. The molecule has 1 amide bonds. The van der Waals surface area contributed by atoms with Gasteiger partial charge >= 0.3 is 0 Å². The van der Waals surface area contributed by atoms with Gasteiger partial charge in [-0.15, -0.1) is 10.2 Å². The van der Waals surface area contributed by atoms with Crippen molar-refractivity contribution < 1.29 is 13.6 Å². The third-order valence-corrected chi connectivity index (χ3v) is 5.37. The van der Waals surface area contributed by atoms with Crippen molar-refractivity contribution in [1.29, 1.82) is 0 Å². The van der Waals surface area contributed by atoms with Crippen LogP contribution in [0.4, 0.5) is 8.78 Å². The lowest BCUT2D eigenvalue weighted by molar-refractivity contribution is 0.0748. The summed E-state index contributed by atoms with van der Waals surface area (Å²) in [6.07, 6.45) is 2.09. The number of rotatable bonds is 4. The Hall–Kier alpha value is -3.09. The number of fused-ring (bicyclic) bond motifs is 1. The Morgan fingerprint density at radius 2 is 1.79 bits per heavy atom. The predicted octanol–water partition coefficient (Wildman–Crippen LogP) is 3.35. The first kappa shape index (κ1) is 19.2. The fraction of sp³-hybridized carbons (Fsp3) is 0.318. The van der Waals surface area contributed by atoms with Crippen molar-refractivity contribution >= 4 is 5.91 Å². The van der Waals surface area contributed by atoms with Crippen LogP contribution in [0.1, 0.15) is 33.1 Å². The molecule has 0 unspecified atom stereocenters. The molecular weight excluding hydrogens is 374 g/mol. The van der Waals surface area contributed by atoms with Crippen molar-refractivity contribution in [2.75, 3.05) is 13.1 Å². The quantitative estimate of drug-likeness (QED) is 0.680. The Balaban J connectivity index is 1.48. The average molecular weight is 396 g/mol. The SMILES string of the molecule is Cc1ccc(F)c(C(=O)N2CCc3nnc(CCc4ccccc4)n3CC2)c1F. The van der Waals surface area contributed by atoms with Gasteiger partial charge in [-0.1, -0.05) is 36.4 Å². The third kappa shape index (κ3) is 3.90. The number of hydrogen-bond donors (Lipinski definition) is 0. The molecule has 1 aromatic heterocycles. The summed E-state index contributed by atoms with van der Waals surface area (Å²) in [6.45, 7) is 2.74. The van der Waals surface area contributed by atoms with Gasteiger partial charge in [0.05, 0.1) is 0 Å². The Bertz CT molecular complexity index is 1030. The summed E-state index contributed by atoms with van der Waals surface area (Å²) in [4.78, 5) is 14.3. The van der Waals surface area contributed by atoms with Crippen LogP contribution in [0.5, 0.6) is 0 Å². The van der Waals surface area contributed by atoms with Crippen molar-refractivity contribution in [2.45, 2.75) is 32.7 Å². The van der Waals surface area contributed by atoms with Crippen LogP contribution in [0.2, 0.25) is 0 Å². The van der Waals surface area contributed by atoms with E-state index < -0.39 is 23.1 Å². The van der Waals surface area contributed by atoms with E-state index in [1.807, 2.05) is 22.8 Å². The molecule has 150 valence electrons. The molecule has 0 aliphatic carbocycles. The van der Waals surface area contributed by atoms with Crippen LogP contribution in [-0.4, -0.2) is 38.7 Å². The van der Waals surface area contributed by atoms with Crippen molar-refractivity contribution in [3.63, 3.8) is 0 Å². The molecule has 5 nitrogen and oxygen atoms in total. The van der Waals surface area contributed by atoms with E-state index in [2.05, 4.69) is 22.3 Å². The molecule has 7 heteroatoms. The lowest BCUT2D eigenvalue weighted by atomic mass is 10.1. The summed E-state index contributed by atoms with van der Waals surface area (Å²) >= 11 is 0. The molecule has 0 radical (unpaired) electrons. The van der Waals surface area contributed by atoms with Crippen molar-refractivity contribution in [1.82, 2.24) is 19.7 Å².